The highest BCUT2D eigenvalue weighted by atomic mass is 15.1. The highest BCUT2D eigenvalue weighted by Gasteiger charge is 2.06. The minimum atomic E-state index is 0.918. The number of aromatic nitrogens is 2. The quantitative estimate of drug-likeness (QED) is 0.764. The molecule has 0 spiro atoms. The second-order valence-electron chi connectivity index (χ2n) is 4.32. The van der Waals surface area contributed by atoms with E-state index in [1.54, 1.807) is 0 Å². The van der Waals surface area contributed by atoms with E-state index < -0.39 is 0 Å². The van der Waals surface area contributed by atoms with Gasteiger partial charge in [0.15, 0.2) is 0 Å². The summed E-state index contributed by atoms with van der Waals surface area (Å²) >= 11 is 0. The Labute approximate surface area is 104 Å². The van der Waals surface area contributed by atoms with Crippen LogP contribution in [-0.2, 0) is 6.42 Å². The van der Waals surface area contributed by atoms with Gasteiger partial charge < -0.3 is 0 Å². The van der Waals surface area contributed by atoms with Gasteiger partial charge in [-0.1, -0.05) is 26.3 Å². The zero-order chi connectivity index (χ0) is 12.8. The first-order chi connectivity index (χ1) is 8.15. The van der Waals surface area contributed by atoms with Crippen LogP contribution in [0.3, 0.4) is 0 Å². The topological polar surface area (TPSA) is 28.7 Å². The lowest BCUT2D eigenvalue weighted by atomic mass is 9.98. The number of aryl methyl sites for hydroxylation is 1. The van der Waals surface area contributed by atoms with E-state index in [2.05, 4.69) is 50.5 Å². The molecule has 1 heterocycles. The van der Waals surface area contributed by atoms with E-state index in [9.17, 15) is 0 Å². The second kappa shape index (κ2) is 6.24. The van der Waals surface area contributed by atoms with Crippen LogP contribution in [0.1, 0.15) is 37.0 Å². The second-order valence-corrected chi connectivity index (χ2v) is 4.32. The van der Waals surface area contributed by atoms with Gasteiger partial charge in [-0.15, -0.1) is 6.58 Å². The fourth-order valence-electron chi connectivity index (χ4n) is 1.80. The summed E-state index contributed by atoms with van der Waals surface area (Å²) in [6.45, 7) is 12.3. The Morgan fingerprint density at radius 1 is 1.29 bits per heavy atom. The van der Waals surface area contributed by atoms with E-state index in [4.69, 9.17) is 0 Å². The van der Waals surface area contributed by atoms with Crippen molar-refractivity contribution in [3.63, 3.8) is 0 Å². The van der Waals surface area contributed by atoms with Crippen molar-refractivity contribution >= 4 is 10.9 Å². The zero-order valence-electron chi connectivity index (χ0n) is 11.3. The van der Waals surface area contributed by atoms with Gasteiger partial charge in [-0.2, -0.15) is 5.10 Å². The van der Waals surface area contributed by atoms with E-state index in [1.807, 2.05) is 12.3 Å². The van der Waals surface area contributed by atoms with Gasteiger partial charge in [-0.25, -0.2) is 0 Å². The van der Waals surface area contributed by atoms with E-state index in [1.165, 1.54) is 28.5 Å². The number of H-pyrrole nitrogens is 1. The Morgan fingerprint density at radius 2 is 1.94 bits per heavy atom. The molecule has 0 bridgehead atoms. The molecule has 2 nitrogen and oxygen atoms in total. The summed E-state index contributed by atoms with van der Waals surface area (Å²) < 4.78 is 0. The summed E-state index contributed by atoms with van der Waals surface area (Å²) in [5.41, 5.74) is 5.10. The van der Waals surface area contributed by atoms with Crippen molar-refractivity contribution in [2.24, 2.45) is 0 Å². The fraction of sp³-hybridized carbons (Fsp3) is 0.400. The standard InChI is InChI=1S/C12H14N2.C3H8/c1-4-5-10-6-12-11(7-13-14-12)9(3)8(10)2;1-3-2/h4,6-7H,1,5H2,2-3H3,(H,13,14);3H2,1-2H3. The summed E-state index contributed by atoms with van der Waals surface area (Å²) in [7, 11) is 0. The van der Waals surface area contributed by atoms with Crippen LogP contribution in [0, 0.1) is 13.8 Å². The normalized spacial score (nSPS) is 9.88. The molecule has 0 unspecified atom stereocenters. The van der Waals surface area contributed by atoms with Gasteiger partial charge >= 0.3 is 0 Å². The van der Waals surface area contributed by atoms with Gasteiger partial charge in [0.2, 0.25) is 0 Å². The van der Waals surface area contributed by atoms with E-state index in [0.29, 0.717) is 0 Å². The summed E-state index contributed by atoms with van der Waals surface area (Å²) in [4.78, 5) is 0. The van der Waals surface area contributed by atoms with Crippen LogP contribution in [0.2, 0.25) is 0 Å². The smallest absolute Gasteiger partial charge is 0.0656 e. The van der Waals surface area contributed by atoms with Crippen molar-refractivity contribution in [1.82, 2.24) is 10.2 Å². The fourth-order valence-corrected chi connectivity index (χ4v) is 1.80. The molecule has 1 N–H and O–H groups in total. The van der Waals surface area contributed by atoms with Gasteiger partial charge in [0, 0.05) is 5.39 Å². The summed E-state index contributed by atoms with van der Waals surface area (Å²) in [6, 6.07) is 2.16. The number of benzene rings is 1. The first kappa shape index (κ1) is 13.5. The largest absolute Gasteiger partial charge is 0.278 e. The number of rotatable bonds is 2. The van der Waals surface area contributed by atoms with E-state index >= 15 is 0 Å². The lowest BCUT2D eigenvalue weighted by Gasteiger charge is -2.07. The maximum Gasteiger partial charge on any atom is 0.0656 e. The summed E-state index contributed by atoms with van der Waals surface area (Å²) in [5, 5.41) is 8.27. The Hall–Kier alpha value is -1.57. The molecular weight excluding hydrogens is 208 g/mol. The molecule has 0 aliphatic rings. The monoisotopic (exact) mass is 230 g/mol. The Kier molecular flexibility index (Phi) is 4.95. The lowest BCUT2D eigenvalue weighted by molar-refractivity contribution is 1.09. The maximum absolute atomic E-state index is 4.05. The van der Waals surface area contributed by atoms with E-state index in [0.717, 1.165) is 11.9 Å². The number of fused-ring (bicyclic) bond motifs is 1. The van der Waals surface area contributed by atoms with Crippen molar-refractivity contribution < 1.29 is 0 Å². The van der Waals surface area contributed by atoms with Crippen molar-refractivity contribution in [2.75, 3.05) is 0 Å². The molecule has 17 heavy (non-hydrogen) atoms. The van der Waals surface area contributed by atoms with Crippen LogP contribution in [0.15, 0.2) is 24.9 Å². The zero-order valence-corrected chi connectivity index (χ0v) is 11.3. The maximum atomic E-state index is 4.05. The molecule has 0 atom stereocenters. The molecular formula is C15H22N2. The van der Waals surface area contributed by atoms with Crippen LogP contribution >= 0.6 is 0 Å². The molecule has 0 saturated heterocycles. The highest BCUT2D eigenvalue weighted by Crippen LogP contribution is 2.23. The highest BCUT2D eigenvalue weighted by molar-refractivity contribution is 5.83. The molecule has 92 valence electrons. The van der Waals surface area contributed by atoms with Crippen molar-refractivity contribution in [3.8, 4) is 0 Å². The van der Waals surface area contributed by atoms with Gasteiger partial charge in [0.25, 0.3) is 0 Å². The lowest BCUT2D eigenvalue weighted by Crippen LogP contribution is -1.91. The third-order valence-corrected chi connectivity index (χ3v) is 2.80. The third kappa shape index (κ3) is 2.96. The molecule has 0 saturated carbocycles. The number of aromatic amines is 1. The average molecular weight is 230 g/mol. The summed E-state index contributed by atoms with van der Waals surface area (Å²) in [5.74, 6) is 0. The minimum Gasteiger partial charge on any atom is -0.278 e. The van der Waals surface area contributed by atoms with E-state index in [-0.39, 0.29) is 0 Å². The molecule has 1 aromatic heterocycles. The number of hydrogen-bond acceptors (Lipinski definition) is 1. The molecule has 0 radical (unpaired) electrons. The van der Waals surface area contributed by atoms with Crippen LogP contribution in [-0.4, -0.2) is 10.2 Å². The first-order valence-corrected chi connectivity index (χ1v) is 6.18. The van der Waals surface area contributed by atoms with Crippen LogP contribution < -0.4 is 0 Å². The Balaban J connectivity index is 0.000000437. The van der Waals surface area contributed by atoms with Crippen LogP contribution in [0.25, 0.3) is 10.9 Å². The van der Waals surface area contributed by atoms with Gasteiger partial charge in [0.05, 0.1) is 11.7 Å². The SMILES string of the molecule is C=CCc1cc2[nH]ncc2c(C)c1C.CCC. The number of allylic oxidation sites excluding steroid dienone is 1. The molecule has 2 aromatic rings. The van der Waals surface area contributed by atoms with Gasteiger partial charge in [0.1, 0.15) is 0 Å². The molecule has 0 fully saturated rings. The Bertz CT molecular complexity index is 495. The first-order valence-electron chi connectivity index (χ1n) is 6.18. The molecule has 2 rings (SSSR count). The number of nitrogens with zero attached hydrogens (tertiary/aromatic N) is 1. The molecule has 0 amide bonds. The number of nitrogens with one attached hydrogen (secondary N) is 1. The van der Waals surface area contributed by atoms with Crippen molar-refractivity contribution in [3.05, 3.63) is 41.6 Å². The molecule has 2 heteroatoms. The summed E-state index contributed by atoms with van der Waals surface area (Å²) in [6.07, 6.45) is 5.99. The number of hydrogen-bond donors (Lipinski definition) is 1. The van der Waals surface area contributed by atoms with Crippen molar-refractivity contribution in [1.29, 1.82) is 0 Å². The predicted molar refractivity (Wildman–Crippen MR) is 75.4 cm³/mol. The van der Waals surface area contributed by atoms with Gasteiger partial charge in [-0.05, 0) is 43.0 Å². The molecule has 0 aliphatic heterocycles. The van der Waals surface area contributed by atoms with Crippen LogP contribution in [0.4, 0.5) is 0 Å². The third-order valence-electron chi connectivity index (χ3n) is 2.80. The Morgan fingerprint density at radius 3 is 2.53 bits per heavy atom. The molecule has 0 aliphatic carbocycles. The van der Waals surface area contributed by atoms with Gasteiger partial charge in [-0.3, -0.25) is 5.10 Å². The average Bonchev–Trinajstić information content (AvgIpc) is 2.75. The molecule has 1 aromatic carbocycles. The van der Waals surface area contributed by atoms with Crippen molar-refractivity contribution in [2.45, 2.75) is 40.5 Å². The minimum absolute atomic E-state index is 0.918. The predicted octanol–water partition coefficient (Wildman–Crippen LogP) is 4.32. The van der Waals surface area contributed by atoms with Crippen LogP contribution in [0.5, 0.6) is 0 Å².